The zero-order valence-corrected chi connectivity index (χ0v) is 15.2. The van der Waals surface area contributed by atoms with E-state index >= 15 is 0 Å². The first-order valence-electron chi connectivity index (χ1n) is 9.18. The average Bonchev–Trinajstić information content (AvgIpc) is 3.12. The van der Waals surface area contributed by atoms with Crippen LogP contribution in [-0.4, -0.2) is 78.7 Å². The number of amides is 2. The van der Waals surface area contributed by atoms with Crippen molar-refractivity contribution < 1.29 is 19.4 Å². The van der Waals surface area contributed by atoms with Crippen LogP contribution < -0.4 is 10.1 Å². The quantitative estimate of drug-likeness (QED) is 0.773. The summed E-state index contributed by atoms with van der Waals surface area (Å²) in [6.45, 7) is 2.73. The second kappa shape index (κ2) is 8.51. The van der Waals surface area contributed by atoms with E-state index in [0.717, 1.165) is 11.3 Å². The molecular weight excluding hydrogens is 334 g/mol. The van der Waals surface area contributed by atoms with Gasteiger partial charge in [0.2, 0.25) is 11.8 Å². The molecule has 2 N–H and O–H groups in total. The maximum absolute atomic E-state index is 12.4. The molecule has 7 nitrogen and oxygen atoms in total. The van der Waals surface area contributed by atoms with Gasteiger partial charge in [-0.3, -0.25) is 9.59 Å². The fraction of sp³-hybridized carbons (Fsp3) is 0.579. The molecule has 0 aromatic heterocycles. The van der Waals surface area contributed by atoms with Crippen molar-refractivity contribution in [2.45, 2.75) is 31.4 Å². The summed E-state index contributed by atoms with van der Waals surface area (Å²) in [6.07, 6.45) is 1.20. The third kappa shape index (κ3) is 4.53. The molecule has 142 valence electrons. The molecule has 2 atom stereocenters. The van der Waals surface area contributed by atoms with Crippen molar-refractivity contribution in [3.05, 3.63) is 29.8 Å². The molecule has 2 fully saturated rings. The Morgan fingerprint density at radius 1 is 1.15 bits per heavy atom. The van der Waals surface area contributed by atoms with Crippen LogP contribution in [0.3, 0.4) is 0 Å². The summed E-state index contributed by atoms with van der Waals surface area (Å²) in [5.41, 5.74) is 1.11. The zero-order chi connectivity index (χ0) is 18.5. The zero-order valence-electron chi connectivity index (χ0n) is 15.2. The summed E-state index contributed by atoms with van der Waals surface area (Å²) in [6, 6.07) is 7.47. The number of hydrogen-bond donors (Lipinski definition) is 2. The number of ether oxygens (including phenoxy) is 1. The van der Waals surface area contributed by atoms with E-state index in [-0.39, 0.29) is 17.9 Å². The number of piperazine rings is 1. The van der Waals surface area contributed by atoms with E-state index in [0.29, 0.717) is 52.0 Å². The Morgan fingerprint density at radius 3 is 2.38 bits per heavy atom. The minimum absolute atomic E-state index is 0.0341. The van der Waals surface area contributed by atoms with E-state index in [1.165, 1.54) is 0 Å². The normalized spacial score (nSPS) is 23.2. The molecule has 1 aromatic rings. The van der Waals surface area contributed by atoms with Crippen LogP contribution in [0.5, 0.6) is 5.75 Å². The number of methoxy groups -OCH3 is 1. The molecule has 1 aromatic carbocycles. The van der Waals surface area contributed by atoms with Crippen molar-refractivity contribution >= 4 is 11.8 Å². The highest BCUT2D eigenvalue weighted by atomic mass is 16.5. The number of carbonyl (C=O) groups excluding carboxylic acids is 2. The number of aryl methyl sites for hydroxylation is 1. The maximum atomic E-state index is 12.4. The highest BCUT2D eigenvalue weighted by molar-refractivity contribution is 5.83. The number of hydrogen-bond acceptors (Lipinski definition) is 5. The minimum Gasteiger partial charge on any atom is -0.497 e. The Bertz CT molecular complexity index is 626. The first kappa shape index (κ1) is 18.7. The van der Waals surface area contributed by atoms with Gasteiger partial charge in [-0.25, -0.2) is 0 Å². The summed E-state index contributed by atoms with van der Waals surface area (Å²) in [7, 11) is 1.63. The molecule has 2 heterocycles. The first-order valence-corrected chi connectivity index (χ1v) is 9.18. The third-order valence-electron chi connectivity index (χ3n) is 5.14. The molecule has 0 spiro atoms. The van der Waals surface area contributed by atoms with Crippen LogP contribution in [0, 0.1) is 0 Å². The topological polar surface area (TPSA) is 82.1 Å². The Balaban J connectivity index is 1.42. The fourth-order valence-electron chi connectivity index (χ4n) is 3.50. The highest BCUT2D eigenvalue weighted by Gasteiger charge is 2.33. The molecule has 3 rings (SSSR count). The van der Waals surface area contributed by atoms with Crippen LogP contribution in [0.25, 0.3) is 0 Å². The third-order valence-corrected chi connectivity index (χ3v) is 5.14. The summed E-state index contributed by atoms with van der Waals surface area (Å²) >= 11 is 0. The lowest BCUT2D eigenvalue weighted by Crippen LogP contribution is -2.54. The largest absolute Gasteiger partial charge is 0.497 e. The SMILES string of the molecule is COc1ccc(CCC(=O)N2CCN(C(=O)C3CC(O)CN3)CC2)cc1. The van der Waals surface area contributed by atoms with Crippen LogP contribution in [-0.2, 0) is 16.0 Å². The Kier molecular flexibility index (Phi) is 6.11. The summed E-state index contributed by atoms with van der Waals surface area (Å²) in [5, 5.41) is 12.6. The van der Waals surface area contributed by atoms with Gasteiger partial charge < -0.3 is 25.0 Å². The maximum Gasteiger partial charge on any atom is 0.239 e. The Hall–Kier alpha value is -2.12. The molecule has 2 aliphatic heterocycles. The lowest BCUT2D eigenvalue weighted by molar-refractivity contribution is -0.140. The number of aliphatic hydroxyl groups is 1. The molecule has 0 bridgehead atoms. The van der Waals surface area contributed by atoms with Gasteiger partial charge in [-0.05, 0) is 30.5 Å². The van der Waals surface area contributed by atoms with Gasteiger partial charge in [0.05, 0.1) is 19.3 Å². The summed E-state index contributed by atoms with van der Waals surface area (Å²) in [4.78, 5) is 28.5. The first-order chi connectivity index (χ1) is 12.6. The lowest BCUT2D eigenvalue weighted by Gasteiger charge is -2.36. The second-order valence-corrected chi connectivity index (χ2v) is 6.90. The van der Waals surface area contributed by atoms with E-state index in [2.05, 4.69) is 5.32 Å². The van der Waals surface area contributed by atoms with E-state index in [4.69, 9.17) is 4.74 Å². The van der Waals surface area contributed by atoms with Crippen molar-refractivity contribution in [2.24, 2.45) is 0 Å². The monoisotopic (exact) mass is 361 g/mol. The number of rotatable bonds is 5. The molecule has 0 aliphatic carbocycles. The van der Waals surface area contributed by atoms with Crippen molar-refractivity contribution in [1.82, 2.24) is 15.1 Å². The smallest absolute Gasteiger partial charge is 0.239 e. The number of nitrogens with one attached hydrogen (secondary N) is 1. The minimum atomic E-state index is -0.440. The molecule has 2 unspecified atom stereocenters. The highest BCUT2D eigenvalue weighted by Crippen LogP contribution is 2.15. The van der Waals surface area contributed by atoms with Crippen LogP contribution in [0.1, 0.15) is 18.4 Å². The molecule has 0 radical (unpaired) electrons. The predicted molar refractivity (Wildman–Crippen MR) is 96.9 cm³/mol. The average molecular weight is 361 g/mol. The van der Waals surface area contributed by atoms with Gasteiger partial charge in [0.1, 0.15) is 5.75 Å². The van der Waals surface area contributed by atoms with E-state index in [1.807, 2.05) is 29.2 Å². The Morgan fingerprint density at radius 2 is 1.81 bits per heavy atom. The van der Waals surface area contributed by atoms with Crippen molar-refractivity contribution in [1.29, 1.82) is 0 Å². The van der Waals surface area contributed by atoms with Crippen LogP contribution in [0.2, 0.25) is 0 Å². The number of β-amino-alcohol motifs (C(OH)–C–C–N with tert-alkyl or cyclic N) is 1. The Labute approximate surface area is 153 Å². The van der Waals surface area contributed by atoms with Gasteiger partial charge in [-0.15, -0.1) is 0 Å². The molecule has 2 aliphatic rings. The van der Waals surface area contributed by atoms with Crippen LogP contribution in [0.15, 0.2) is 24.3 Å². The van der Waals surface area contributed by atoms with Gasteiger partial charge >= 0.3 is 0 Å². The van der Waals surface area contributed by atoms with Gasteiger partial charge in [0.25, 0.3) is 0 Å². The van der Waals surface area contributed by atoms with E-state index in [9.17, 15) is 14.7 Å². The number of aliphatic hydroxyl groups excluding tert-OH is 1. The number of nitrogens with zero attached hydrogens (tertiary/aromatic N) is 2. The number of benzene rings is 1. The van der Waals surface area contributed by atoms with Crippen molar-refractivity contribution in [2.75, 3.05) is 39.8 Å². The van der Waals surface area contributed by atoms with Crippen molar-refractivity contribution in [3.63, 3.8) is 0 Å². The summed E-state index contributed by atoms with van der Waals surface area (Å²) in [5.74, 6) is 0.972. The summed E-state index contributed by atoms with van der Waals surface area (Å²) < 4.78 is 5.14. The van der Waals surface area contributed by atoms with Gasteiger partial charge in [-0.1, -0.05) is 12.1 Å². The predicted octanol–water partition coefficient (Wildman–Crippen LogP) is 0.0214. The second-order valence-electron chi connectivity index (χ2n) is 6.90. The van der Waals surface area contributed by atoms with Gasteiger partial charge in [-0.2, -0.15) is 0 Å². The molecule has 0 saturated carbocycles. The van der Waals surface area contributed by atoms with Crippen LogP contribution in [0.4, 0.5) is 0 Å². The lowest BCUT2D eigenvalue weighted by atomic mass is 10.1. The molecule has 2 saturated heterocycles. The van der Waals surface area contributed by atoms with E-state index in [1.54, 1.807) is 12.0 Å². The van der Waals surface area contributed by atoms with E-state index < -0.39 is 6.10 Å². The molecule has 2 amide bonds. The van der Waals surface area contributed by atoms with Gasteiger partial charge in [0, 0.05) is 39.1 Å². The molecule has 7 heteroatoms. The molecular formula is C19H27N3O4. The van der Waals surface area contributed by atoms with Crippen LogP contribution >= 0.6 is 0 Å². The van der Waals surface area contributed by atoms with Gasteiger partial charge in [0.15, 0.2) is 0 Å². The fourth-order valence-corrected chi connectivity index (χ4v) is 3.50. The molecule has 26 heavy (non-hydrogen) atoms. The standard InChI is InChI=1S/C19H27N3O4/c1-26-16-5-2-14(3-6-16)4-7-18(24)21-8-10-22(11-9-21)19(25)17-12-15(23)13-20-17/h2-3,5-6,15,17,20,23H,4,7-13H2,1H3. The van der Waals surface area contributed by atoms with Crippen molar-refractivity contribution in [3.8, 4) is 5.75 Å². The number of carbonyl (C=O) groups is 2.